The number of hydrogen-bond acceptors (Lipinski definition) is 6. The van der Waals surface area contributed by atoms with E-state index in [9.17, 15) is 0 Å². The van der Waals surface area contributed by atoms with E-state index in [1.165, 1.54) is 0 Å². The normalized spacial score (nSPS) is 18.7. The number of nitrogens with one attached hydrogen (secondary N) is 1. The van der Waals surface area contributed by atoms with Gasteiger partial charge in [0, 0.05) is 28.6 Å². The number of anilines is 1. The highest BCUT2D eigenvalue weighted by atomic mass is 35.5. The lowest BCUT2D eigenvalue weighted by molar-refractivity contribution is 0.223. The summed E-state index contributed by atoms with van der Waals surface area (Å²) in [5.41, 5.74) is 4.80. The monoisotopic (exact) mass is 443 g/mol. The third kappa shape index (κ3) is 2.93. The van der Waals surface area contributed by atoms with E-state index in [1.54, 1.807) is 19.6 Å². The fourth-order valence-electron chi connectivity index (χ4n) is 4.35. The van der Waals surface area contributed by atoms with Gasteiger partial charge in [0.05, 0.1) is 12.8 Å². The van der Waals surface area contributed by atoms with Crippen LogP contribution in [-0.2, 0) is 0 Å². The van der Waals surface area contributed by atoms with Crippen LogP contribution in [0.3, 0.4) is 0 Å². The molecule has 32 heavy (non-hydrogen) atoms. The number of aromatic nitrogens is 4. The molecule has 0 saturated heterocycles. The van der Waals surface area contributed by atoms with Crippen molar-refractivity contribution in [1.82, 2.24) is 19.7 Å². The smallest absolute Gasteiger partial charge is 0.226 e. The summed E-state index contributed by atoms with van der Waals surface area (Å²) < 4.78 is 13.8. The minimum absolute atomic E-state index is 0.253. The number of hydrogen-bond donors (Lipinski definition) is 1. The molecule has 1 N–H and O–H groups in total. The van der Waals surface area contributed by atoms with E-state index in [1.807, 2.05) is 65.5 Å². The summed E-state index contributed by atoms with van der Waals surface area (Å²) in [6.07, 6.45) is 4.80. The van der Waals surface area contributed by atoms with Crippen molar-refractivity contribution in [3.63, 3.8) is 0 Å². The Morgan fingerprint density at radius 2 is 1.97 bits per heavy atom. The molecule has 2 aliphatic rings. The summed E-state index contributed by atoms with van der Waals surface area (Å²) in [5, 5.41) is 8.62. The van der Waals surface area contributed by atoms with Gasteiger partial charge < -0.3 is 14.8 Å². The highest BCUT2D eigenvalue weighted by Crippen LogP contribution is 2.50. The van der Waals surface area contributed by atoms with Crippen LogP contribution in [0.15, 0.2) is 78.9 Å². The second-order valence-corrected chi connectivity index (χ2v) is 8.02. The molecule has 0 bridgehead atoms. The molecule has 0 spiro atoms. The van der Waals surface area contributed by atoms with Gasteiger partial charge in [-0.1, -0.05) is 29.8 Å². The Balaban J connectivity index is 1.61. The van der Waals surface area contributed by atoms with Gasteiger partial charge >= 0.3 is 0 Å². The van der Waals surface area contributed by atoms with Crippen LogP contribution < -0.4 is 14.8 Å². The first kappa shape index (κ1) is 18.9. The molecule has 6 rings (SSSR count). The molecule has 2 aliphatic heterocycles. The maximum absolute atomic E-state index is 6.58. The lowest BCUT2D eigenvalue weighted by Crippen LogP contribution is -2.32. The molecular formula is C24H18ClN5O2. The molecule has 0 unspecified atom stereocenters. The molecule has 0 radical (unpaired) electrons. The Morgan fingerprint density at radius 1 is 1.09 bits per heavy atom. The van der Waals surface area contributed by atoms with Crippen molar-refractivity contribution in [1.29, 1.82) is 0 Å². The maximum Gasteiger partial charge on any atom is 0.226 e. The summed E-state index contributed by atoms with van der Waals surface area (Å²) >= 11 is 6.36. The zero-order valence-electron chi connectivity index (χ0n) is 17.1. The molecule has 2 aromatic carbocycles. The SMILES string of the molecule is COc1ccc([C@H]2Oc3ccc(Cl)cc3C3=C2[C@@H](c2cccnc2)n2ncnc2N3)cc1. The molecule has 2 aromatic heterocycles. The first-order valence-corrected chi connectivity index (χ1v) is 10.5. The molecule has 0 aliphatic carbocycles. The number of methoxy groups -OCH3 is 1. The molecule has 0 saturated carbocycles. The van der Waals surface area contributed by atoms with E-state index in [0.29, 0.717) is 11.0 Å². The Labute approximate surface area is 189 Å². The molecular weight excluding hydrogens is 426 g/mol. The summed E-state index contributed by atoms with van der Waals surface area (Å²) in [7, 11) is 1.66. The van der Waals surface area contributed by atoms with Crippen LogP contribution in [-0.4, -0.2) is 26.9 Å². The highest BCUT2D eigenvalue weighted by Gasteiger charge is 2.41. The standard InChI is InChI=1S/C24H18ClN5O2/c1-31-17-7-4-14(5-8-17)23-20-21(18-11-16(25)6-9-19(18)32-23)29-24-27-13-28-30(24)22(20)15-3-2-10-26-12-15/h2-13,22-23H,1H3,(H,27,28,29)/t22-,23-/m1/s1. The van der Waals surface area contributed by atoms with Gasteiger partial charge in [-0.3, -0.25) is 4.98 Å². The second kappa shape index (κ2) is 7.39. The predicted octanol–water partition coefficient (Wildman–Crippen LogP) is 4.90. The molecule has 4 heterocycles. The zero-order chi connectivity index (χ0) is 21.7. The Kier molecular flexibility index (Phi) is 4.36. The summed E-state index contributed by atoms with van der Waals surface area (Å²) in [6.45, 7) is 0. The molecule has 2 atom stereocenters. The van der Waals surface area contributed by atoms with Gasteiger partial charge in [0.15, 0.2) is 0 Å². The average molecular weight is 444 g/mol. The van der Waals surface area contributed by atoms with Crippen LogP contribution in [0.25, 0.3) is 5.70 Å². The van der Waals surface area contributed by atoms with Crippen LogP contribution in [0.1, 0.15) is 28.8 Å². The van der Waals surface area contributed by atoms with Crippen LogP contribution in [0.2, 0.25) is 5.02 Å². The highest BCUT2D eigenvalue weighted by molar-refractivity contribution is 6.30. The third-order valence-corrected chi connectivity index (χ3v) is 6.03. The van der Waals surface area contributed by atoms with E-state index in [4.69, 9.17) is 21.1 Å². The Bertz CT molecular complexity index is 1330. The van der Waals surface area contributed by atoms with Gasteiger partial charge in [0.1, 0.15) is 30.0 Å². The number of benzene rings is 2. The first-order valence-electron chi connectivity index (χ1n) is 10.1. The van der Waals surface area contributed by atoms with E-state index in [2.05, 4.69) is 20.4 Å². The molecule has 158 valence electrons. The average Bonchev–Trinajstić information content (AvgIpc) is 3.31. The van der Waals surface area contributed by atoms with Crippen molar-refractivity contribution in [2.75, 3.05) is 12.4 Å². The van der Waals surface area contributed by atoms with Crippen molar-refractivity contribution < 1.29 is 9.47 Å². The van der Waals surface area contributed by atoms with Gasteiger partial charge in [-0.25, -0.2) is 4.68 Å². The van der Waals surface area contributed by atoms with Crippen LogP contribution in [0.5, 0.6) is 11.5 Å². The number of halogens is 1. The first-order chi connectivity index (χ1) is 15.7. The predicted molar refractivity (Wildman–Crippen MR) is 121 cm³/mol. The Morgan fingerprint density at radius 3 is 2.75 bits per heavy atom. The van der Waals surface area contributed by atoms with E-state index < -0.39 is 0 Å². The van der Waals surface area contributed by atoms with Crippen molar-refractivity contribution in [2.45, 2.75) is 12.1 Å². The van der Waals surface area contributed by atoms with Gasteiger partial charge in [0.2, 0.25) is 5.95 Å². The van der Waals surface area contributed by atoms with Crippen molar-refractivity contribution in [3.05, 3.63) is 101 Å². The van der Waals surface area contributed by atoms with Gasteiger partial charge in [-0.05, 0) is 47.5 Å². The lowest BCUT2D eigenvalue weighted by Gasteiger charge is -2.38. The van der Waals surface area contributed by atoms with Crippen LogP contribution in [0.4, 0.5) is 5.95 Å². The second-order valence-electron chi connectivity index (χ2n) is 7.58. The van der Waals surface area contributed by atoms with Crippen molar-refractivity contribution >= 4 is 23.2 Å². The van der Waals surface area contributed by atoms with Gasteiger partial charge in [0.25, 0.3) is 0 Å². The number of nitrogens with zero attached hydrogens (tertiary/aromatic N) is 4. The van der Waals surface area contributed by atoms with E-state index in [-0.39, 0.29) is 12.1 Å². The third-order valence-electron chi connectivity index (χ3n) is 5.79. The van der Waals surface area contributed by atoms with E-state index >= 15 is 0 Å². The number of pyridine rings is 1. The van der Waals surface area contributed by atoms with Crippen molar-refractivity contribution in [3.8, 4) is 11.5 Å². The number of rotatable bonds is 3. The van der Waals surface area contributed by atoms with Gasteiger partial charge in [-0.2, -0.15) is 10.1 Å². The zero-order valence-corrected chi connectivity index (χ0v) is 17.8. The lowest BCUT2D eigenvalue weighted by atomic mass is 9.85. The number of ether oxygens (including phenoxy) is 2. The molecule has 0 fully saturated rings. The largest absolute Gasteiger partial charge is 0.497 e. The summed E-state index contributed by atoms with van der Waals surface area (Å²) in [4.78, 5) is 8.79. The minimum Gasteiger partial charge on any atom is -0.497 e. The number of fused-ring (bicyclic) bond motifs is 3. The maximum atomic E-state index is 6.58. The minimum atomic E-state index is -0.361. The Hall–Kier alpha value is -3.84. The fourth-order valence-corrected chi connectivity index (χ4v) is 4.53. The quantitative estimate of drug-likeness (QED) is 0.485. The molecule has 0 amide bonds. The summed E-state index contributed by atoms with van der Waals surface area (Å²) in [6, 6.07) is 17.3. The van der Waals surface area contributed by atoms with E-state index in [0.717, 1.165) is 39.5 Å². The topological polar surface area (TPSA) is 74.1 Å². The van der Waals surface area contributed by atoms with Gasteiger partial charge in [-0.15, -0.1) is 0 Å². The molecule has 4 aromatic rings. The summed E-state index contributed by atoms with van der Waals surface area (Å²) in [5.74, 6) is 2.19. The molecule has 8 heteroatoms. The van der Waals surface area contributed by atoms with Crippen LogP contribution in [0, 0.1) is 0 Å². The fraction of sp³-hybridized carbons (Fsp3) is 0.125. The van der Waals surface area contributed by atoms with Crippen molar-refractivity contribution in [2.24, 2.45) is 0 Å². The van der Waals surface area contributed by atoms with Crippen LogP contribution >= 0.6 is 11.6 Å². The molecule has 7 nitrogen and oxygen atoms in total.